The molecular weight excluding hydrogens is 262 g/mol. The predicted octanol–water partition coefficient (Wildman–Crippen LogP) is 1.99. The summed E-state index contributed by atoms with van der Waals surface area (Å²) < 4.78 is 47.7. The number of hydrogen-bond donors (Lipinski definition) is 0. The van der Waals surface area contributed by atoms with Crippen LogP contribution in [-0.2, 0) is 14.6 Å². The van der Waals surface area contributed by atoms with E-state index in [2.05, 4.69) is 11.6 Å². The van der Waals surface area contributed by atoms with E-state index >= 15 is 0 Å². The fourth-order valence-electron chi connectivity index (χ4n) is 2.00. The number of halogens is 3. The second-order valence-electron chi connectivity index (χ2n) is 4.18. The van der Waals surface area contributed by atoms with Crippen molar-refractivity contribution >= 4 is 27.2 Å². The van der Waals surface area contributed by atoms with Crippen LogP contribution in [0.4, 0.5) is 8.78 Å². The van der Waals surface area contributed by atoms with Gasteiger partial charge in [0.1, 0.15) is 9.84 Å². The van der Waals surface area contributed by atoms with Gasteiger partial charge in [0.25, 0.3) is 0 Å². The van der Waals surface area contributed by atoms with Gasteiger partial charge in [0.2, 0.25) is 5.78 Å². The molecule has 1 saturated carbocycles. The van der Waals surface area contributed by atoms with Crippen LogP contribution in [0.2, 0.25) is 0 Å². The van der Waals surface area contributed by atoms with E-state index in [1.54, 1.807) is 0 Å². The van der Waals surface area contributed by atoms with Crippen LogP contribution in [0, 0.1) is 5.92 Å². The topological polar surface area (TPSA) is 51.2 Å². The van der Waals surface area contributed by atoms with Crippen molar-refractivity contribution in [2.75, 3.05) is 6.26 Å². The van der Waals surface area contributed by atoms with Gasteiger partial charge in [0.15, 0.2) is 0 Å². The Morgan fingerprint density at radius 3 is 2.38 bits per heavy atom. The van der Waals surface area contributed by atoms with E-state index in [0.717, 1.165) is 6.26 Å². The molecule has 3 nitrogen and oxygen atoms in total. The van der Waals surface area contributed by atoms with E-state index in [9.17, 15) is 22.0 Å². The van der Waals surface area contributed by atoms with E-state index in [0.29, 0.717) is 12.8 Å². The van der Waals surface area contributed by atoms with E-state index < -0.39 is 32.2 Å². The fraction of sp³-hybridized carbons (Fsp3) is 0.889. The summed E-state index contributed by atoms with van der Waals surface area (Å²) in [5.41, 5.74) is 0. The monoisotopic (exact) mass is 274 g/mol. The molecule has 1 rings (SSSR count). The van der Waals surface area contributed by atoms with Gasteiger partial charge in [-0.2, -0.15) is 8.78 Å². The molecule has 0 N–H and O–H groups in total. The number of ketones is 1. The third kappa shape index (κ3) is 3.38. The Hall–Kier alpha value is -0.230. The van der Waals surface area contributed by atoms with Crippen LogP contribution in [0.1, 0.15) is 25.7 Å². The van der Waals surface area contributed by atoms with Crippen molar-refractivity contribution in [3.8, 4) is 0 Å². The Bertz CT molecular complexity index is 375. The average Bonchev–Trinajstić information content (AvgIpc) is 2.14. The molecule has 0 aromatic rings. The van der Waals surface area contributed by atoms with Crippen molar-refractivity contribution in [2.24, 2.45) is 5.92 Å². The summed E-state index contributed by atoms with van der Waals surface area (Å²) in [5, 5.41) is -4.58. The van der Waals surface area contributed by atoms with Gasteiger partial charge in [-0.25, -0.2) is 8.42 Å². The summed E-state index contributed by atoms with van der Waals surface area (Å²) in [6, 6.07) is 0. The van der Waals surface area contributed by atoms with Crippen molar-refractivity contribution in [3.05, 3.63) is 0 Å². The first-order chi connectivity index (χ1) is 7.12. The van der Waals surface area contributed by atoms with Gasteiger partial charge in [-0.3, -0.25) is 4.79 Å². The summed E-state index contributed by atoms with van der Waals surface area (Å²) in [6.45, 7) is 0. The Balaban J connectivity index is 2.76. The Morgan fingerprint density at radius 2 is 1.94 bits per heavy atom. The summed E-state index contributed by atoms with van der Waals surface area (Å²) in [5.74, 6) is -2.30. The summed E-state index contributed by atoms with van der Waals surface area (Å²) in [7, 11) is -3.28. The molecule has 94 valence electrons. The molecule has 0 saturated heterocycles. The molecule has 1 aliphatic rings. The first-order valence-electron chi connectivity index (χ1n) is 4.92. The zero-order valence-corrected chi connectivity index (χ0v) is 10.3. The summed E-state index contributed by atoms with van der Waals surface area (Å²) in [6.07, 6.45) is 2.19. The highest BCUT2D eigenvalue weighted by Gasteiger charge is 2.43. The Morgan fingerprint density at radius 1 is 1.38 bits per heavy atom. The number of carbonyl (C=O) groups excluding carboxylic acids is 1. The molecule has 2 atom stereocenters. The SMILES string of the molecule is CS(=O)(=O)C1CCCC(C(=O)C(F)(F)Cl)C1. The van der Waals surface area contributed by atoms with Crippen molar-refractivity contribution < 1.29 is 22.0 Å². The lowest BCUT2D eigenvalue weighted by Crippen LogP contribution is -2.36. The van der Waals surface area contributed by atoms with Gasteiger partial charge in [0, 0.05) is 12.2 Å². The molecular formula is C9H13ClF2O3S. The number of carbonyl (C=O) groups is 1. The minimum absolute atomic E-state index is 0.0417. The molecule has 2 unspecified atom stereocenters. The molecule has 1 aliphatic carbocycles. The van der Waals surface area contributed by atoms with Crippen LogP contribution in [0.25, 0.3) is 0 Å². The minimum atomic E-state index is -3.88. The quantitative estimate of drug-likeness (QED) is 0.740. The maximum Gasteiger partial charge on any atom is 0.380 e. The highest BCUT2D eigenvalue weighted by molar-refractivity contribution is 7.91. The van der Waals surface area contributed by atoms with Crippen molar-refractivity contribution in [1.82, 2.24) is 0 Å². The summed E-state index contributed by atoms with van der Waals surface area (Å²) in [4.78, 5) is 11.2. The lowest BCUT2D eigenvalue weighted by atomic mass is 9.86. The van der Waals surface area contributed by atoms with Gasteiger partial charge < -0.3 is 0 Å². The molecule has 0 radical (unpaired) electrons. The zero-order chi connectivity index (χ0) is 12.6. The van der Waals surface area contributed by atoms with Crippen LogP contribution in [0.3, 0.4) is 0 Å². The number of hydrogen-bond acceptors (Lipinski definition) is 3. The van der Waals surface area contributed by atoms with E-state index in [4.69, 9.17) is 0 Å². The van der Waals surface area contributed by atoms with Crippen molar-refractivity contribution in [2.45, 2.75) is 36.3 Å². The van der Waals surface area contributed by atoms with Crippen molar-refractivity contribution in [1.29, 1.82) is 0 Å². The van der Waals surface area contributed by atoms with Gasteiger partial charge in [0.05, 0.1) is 5.25 Å². The van der Waals surface area contributed by atoms with Crippen LogP contribution in [-0.4, -0.2) is 31.1 Å². The van der Waals surface area contributed by atoms with Crippen LogP contribution in [0.15, 0.2) is 0 Å². The summed E-state index contributed by atoms with van der Waals surface area (Å²) >= 11 is 4.65. The Labute approximate surface area is 98.1 Å². The third-order valence-corrected chi connectivity index (χ3v) is 4.71. The maximum absolute atomic E-state index is 12.6. The fourth-order valence-corrected chi connectivity index (χ4v) is 3.33. The first kappa shape index (κ1) is 13.8. The number of rotatable bonds is 3. The average molecular weight is 275 g/mol. The molecule has 0 aliphatic heterocycles. The van der Waals surface area contributed by atoms with Crippen LogP contribution >= 0.6 is 11.6 Å². The molecule has 0 heterocycles. The molecule has 1 fully saturated rings. The highest BCUT2D eigenvalue weighted by atomic mass is 35.5. The second kappa shape index (κ2) is 4.56. The lowest BCUT2D eigenvalue weighted by Gasteiger charge is -2.27. The van der Waals surface area contributed by atoms with Gasteiger partial charge in [-0.1, -0.05) is 6.42 Å². The third-order valence-electron chi connectivity index (χ3n) is 2.88. The highest BCUT2D eigenvalue weighted by Crippen LogP contribution is 2.34. The predicted molar refractivity (Wildman–Crippen MR) is 56.4 cm³/mol. The molecule has 0 aromatic heterocycles. The Kier molecular flexibility index (Phi) is 3.95. The first-order valence-corrected chi connectivity index (χ1v) is 7.25. The molecule has 0 aromatic carbocycles. The van der Waals surface area contributed by atoms with Gasteiger partial charge >= 0.3 is 5.38 Å². The van der Waals surface area contributed by atoms with E-state index in [-0.39, 0.29) is 12.8 Å². The molecule has 0 bridgehead atoms. The second-order valence-corrected chi connectivity index (χ2v) is 6.98. The van der Waals surface area contributed by atoms with Crippen LogP contribution in [0.5, 0.6) is 0 Å². The molecule has 0 amide bonds. The number of alkyl halides is 3. The largest absolute Gasteiger partial charge is 0.380 e. The lowest BCUT2D eigenvalue weighted by molar-refractivity contribution is -0.138. The smallest absolute Gasteiger partial charge is 0.291 e. The standard InChI is InChI=1S/C9H13ClF2O3S/c1-16(14,15)7-4-2-3-6(5-7)8(13)9(10,11)12/h6-7H,2-5H2,1H3. The molecule has 0 spiro atoms. The molecule has 7 heteroatoms. The van der Waals surface area contributed by atoms with E-state index in [1.165, 1.54) is 0 Å². The van der Waals surface area contributed by atoms with Crippen molar-refractivity contribution in [3.63, 3.8) is 0 Å². The minimum Gasteiger partial charge on any atom is -0.291 e. The number of sulfone groups is 1. The van der Waals surface area contributed by atoms with Gasteiger partial charge in [-0.15, -0.1) is 0 Å². The zero-order valence-electron chi connectivity index (χ0n) is 8.75. The van der Waals surface area contributed by atoms with Crippen LogP contribution < -0.4 is 0 Å². The number of Topliss-reactive ketones (excluding diaryl/α,β-unsaturated/α-hetero) is 1. The van der Waals surface area contributed by atoms with Gasteiger partial charge in [-0.05, 0) is 30.9 Å². The molecule has 16 heavy (non-hydrogen) atoms. The maximum atomic E-state index is 12.6. The van der Waals surface area contributed by atoms with E-state index in [1.807, 2.05) is 0 Å². The normalized spacial score (nSPS) is 27.8.